The van der Waals surface area contributed by atoms with Crippen LogP contribution in [0.25, 0.3) is 0 Å². The maximum atomic E-state index is 12.5. The lowest BCUT2D eigenvalue weighted by molar-refractivity contribution is -0.160. The lowest BCUT2D eigenvalue weighted by Gasteiger charge is -2.28. The van der Waals surface area contributed by atoms with E-state index in [-0.39, 0.29) is 0 Å². The molecule has 0 bridgehead atoms. The smallest absolute Gasteiger partial charge is 0.242 e. The number of alkyl halides is 3. The molecule has 0 amide bonds. The van der Waals surface area contributed by atoms with Gasteiger partial charge >= 0.3 is 6.18 Å². The number of nitrogens with one attached hydrogen (secondary N) is 1. The van der Waals surface area contributed by atoms with Crippen LogP contribution in [0.15, 0.2) is 0 Å². The molecular weight excluding hydrogens is 227 g/mol. The van der Waals surface area contributed by atoms with Crippen LogP contribution in [0.3, 0.4) is 0 Å². The minimum atomic E-state index is -4.37. The zero-order chi connectivity index (χ0) is 12.4. The van der Waals surface area contributed by atoms with Crippen LogP contribution in [0.1, 0.15) is 34.6 Å². The van der Waals surface area contributed by atoms with E-state index in [2.05, 4.69) is 4.72 Å². The molecule has 2 atom stereocenters. The van der Waals surface area contributed by atoms with E-state index < -0.39 is 33.9 Å². The van der Waals surface area contributed by atoms with Gasteiger partial charge in [-0.25, -0.2) is 8.93 Å². The van der Waals surface area contributed by atoms with Gasteiger partial charge in [0.05, 0.1) is 15.7 Å². The van der Waals surface area contributed by atoms with Crippen LogP contribution in [0, 0.1) is 5.92 Å². The SMILES string of the molecule is CC(C)C(N[S@](=O)C(C)(C)C)C(F)(F)F. The zero-order valence-electron chi connectivity index (χ0n) is 9.61. The molecule has 0 fully saturated rings. The predicted octanol–water partition coefficient (Wildman–Crippen LogP) is 2.63. The maximum absolute atomic E-state index is 12.5. The molecule has 92 valence electrons. The second kappa shape index (κ2) is 4.82. The third-order valence-corrected chi connectivity index (χ3v) is 3.39. The van der Waals surface area contributed by atoms with Gasteiger partial charge in [0.25, 0.3) is 0 Å². The second-order valence-electron chi connectivity index (χ2n) is 4.76. The van der Waals surface area contributed by atoms with E-state index in [4.69, 9.17) is 0 Å². The van der Waals surface area contributed by atoms with Crippen molar-refractivity contribution >= 4 is 11.0 Å². The van der Waals surface area contributed by atoms with Gasteiger partial charge in [-0.05, 0) is 26.7 Å². The number of halogens is 3. The predicted molar refractivity (Wildman–Crippen MR) is 55.7 cm³/mol. The molecule has 0 aliphatic heterocycles. The molecule has 0 radical (unpaired) electrons. The molecule has 0 aromatic heterocycles. The third-order valence-electron chi connectivity index (χ3n) is 1.81. The average molecular weight is 245 g/mol. The fourth-order valence-corrected chi connectivity index (χ4v) is 1.86. The summed E-state index contributed by atoms with van der Waals surface area (Å²) in [5.41, 5.74) is 0. The second-order valence-corrected chi connectivity index (χ2v) is 6.76. The van der Waals surface area contributed by atoms with Crippen molar-refractivity contribution in [3.63, 3.8) is 0 Å². The molecule has 6 heteroatoms. The van der Waals surface area contributed by atoms with Crippen molar-refractivity contribution in [3.05, 3.63) is 0 Å². The first-order valence-electron chi connectivity index (χ1n) is 4.71. The summed E-state index contributed by atoms with van der Waals surface area (Å²) in [6, 6.07) is -1.72. The van der Waals surface area contributed by atoms with E-state index in [1.54, 1.807) is 20.8 Å². The van der Waals surface area contributed by atoms with Gasteiger partial charge < -0.3 is 0 Å². The number of hydrogen-bond acceptors (Lipinski definition) is 1. The summed E-state index contributed by atoms with van der Waals surface area (Å²) < 4.78 is 50.5. The Hall–Kier alpha value is -0.100. The number of rotatable bonds is 3. The molecule has 15 heavy (non-hydrogen) atoms. The molecule has 0 heterocycles. The van der Waals surface area contributed by atoms with E-state index >= 15 is 0 Å². The summed E-state index contributed by atoms with van der Waals surface area (Å²) in [6.45, 7) is 7.79. The summed E-state index contributed by atoms with van der Waals surface area (Å²) in [7, 11) is -1.70. The van der Waals surface area contributed by atoms with Crippen molar-refractivity contribution in [2.45, 2.75) is 51.6 Å². The topological polar surface area (TPSA) is 29.1 Å². The Labute approximate surface area is 91.2 Å². The monoisotopic (exact) mass is 245 g/mol. The Balaban J connectivity index is 4.66. The first-order valence-corrected chi connectivity index (χ1v) is 5.86. The summed E-state index contributed by atoms with van der Waals surface area (Å²) >= 11 is 0. The lowest BCUT2D eigenvalue weighted by Crippen LogP contribution is -2.50. The minimum Gasteiger partial charge on any atom is -0.242 e. The molecule has 1 N–H and O–H groups in total. The van der Waals surface area contributed by atoms with Gasteiger partial charge in [0.15, 0.2) is 0 Å². The molecule has 0 saturated carbocycles. The van der Waals surface area contributed by atoms with Gasteiger partial charge in [0, 0.05) is 0 Å². The van der Waals surface area contributed by atoms with Crippen LogP contribution >= 0.6 is 0 Å². The van der Waals surface area contributed by atoms with Crippen molar-refractivity contribution in [2.75, 3.05) is 0 Å². The van der Waals surface area contributed by atoms with E-state index in [0.717, 1.165) is 0 Å². The molecule has 0 aromatic rings. The van der Waals surface area contributed by atoms with Gasteiger partial charge in [0.2, 0.25) is 0 Å². The molecule has 1 unspecified atom stereocenters. The van der Waals surface area contributed by atoms with Crippen LogP contribution < -0.4 is 4.72 Å². The molecule has 2 nitrogen and oxygen atoms in total. The van der Waals surface area contributed by atoms with Gasteiger partial charge in [-0.3, -0.25) is 0 Å². The Morgan fingerprint density at radius 2 is 1.53 bits per heavy atom. The quantitative estimate of drug-likeness (QED) is 0.813. The minimum absolute atomic E-state index is 0.642. The fraction of sp³-hybridized carbons (Fsp3) is 1.00. The Kier molecular flexibility index (Phi) is 4.79. The van der Waals surface area contributed by atoms with E-state index in [1.807, 2.05) is 0 Å². The standard InChI is InChI=1S/C9H18F3NOS/c1-6(2)7(9(10,11)12)13-15(14)8(3,4)5/h6-7,13H,1-5H3/t7?,15-/m1/s1. The largest absolute Gasteiger partial charge is 0.405 e. The van der Waals surface area contributed by atoms with E-state index in [0.29, 0.717) is 0 Å². The van der Waals surface area contributed by atoms with Crippen LogP contribution in [0.4, 0.5) is 13.2 Å². The highest BCUT2D eigenvalue weighted by Crippen LogP contribution is 2.26. The maximum Gasteiger partial charge on any atom is 0.405 e. The molecule has 0 aliphatic rings. The lowest BCUT2D eigenvalue weighted by atomic mass is 10.1. The fourth-order valence-electron chi connectivity index (χ4n) is 0.873. The van der Waals surface area contributed by atoms with Gasteiger partial charge in [0.1, 0.15) is 6.04 Å². The first-order chi connectivity index (χ1) is 6.46. The van der Waals surface area contributed by atoms with Crippen LogP contribution in [-0.4, -0.2) is 21.2 Å². The molecule has 0 rings (SSSR count). The Morgan fingerprint density at radius 1 is 1.13 bits per heavy atom. The van der Waals surface area contributed by atoms with Crippen LogP contribution in [-0.2, 0) is 11.0 Å². The normalized spacial score (nSPS) is 17.9. The Morgan fingerprint density at radius 3 is 1.73 bits per heavy atom. The van der Waals surface area contributed by atoms with Crippen LogP contribution in [0.2, 0.25) is 0 Å². The molecule has 0 aromatic carbocycles. The molecular formula is C9H18F3NOS. The highest BCUT2D eigenvalue weighted by molar-refractivity contribution is 7.84. The van der Waals surface area contributed by atoms with Crippen molar-refractivity contribution in [3.8, 4) is 0 Å². The zero-order valence-corrected chi connectivity index (χ0v) is 10.4. The Bertz CT molecular complexity index is 232. The highest BCUT2D eigenvalue weighted by atomic mass is 32.2. The van der Waals surface area contributed by atoms with Crippen molar-refractivity contribution in [1.82, 2.24) is 4.72 Å². The first kappa shape index (κ1) is 14.9. The van der Waals surface area contributed by atoms with E-state index in [9.17, 15) is 17.4 Å². The van der Waals surface area contributed by atoms with Crippen LogP contribution in [0.5, 0.6) is 0 Å². The molecule has 0 aliphatic carbocycles. The van der Waals surface area contributed by atoms with Gasteiger partial charge in [-0.2, -0.15) is 13.2 Å². The van der Waals surface area contributed by atoms with Gasteiger partial charge in [-0.15, -0.1) is 0 Å². The van der Waals surface area contributed by atoms with Crippen molar-refractivity contribution < 1.29 is 17.4 Å². The summed E-state index contributed by atoms with van der Waals surface area (Å²) in [5.74, 6) is -0.642. The van der Waals surface area contributed by atoms with Gasteiger partial charge in [-0.1, -0.05) is 13.8 Å². The molecule has 0 saturated heterocycles. The van der Waals surface area contributed by atoms with Crippen molar-refractivity contribution in [2.24, 2.45) is 5.92 Å². The summed E-state index contributed by atoms with van der Waals surface area (Å²) in [6.07, 6.45) is -4.37. The summed E-state index contributed by atoms with van der Waals surface area (Å²) in [5, 5.41) is 0. The number of hydrogen-bond donors (Lipinski definition) is 1. The third kappa shape index (κ3) is 4.97. The van der Waals surface area contributed by atoms with E-state index in [1.165, 1.54) is 13.8 Å². The summed E-state index contributed by atoms with van der Waals surface area (Å²) in [4.78, 5) is 0. The van der Waals surface area contributed by atoms with Crippen molar-refractivity contribution in [1.29, 1.82) is 0 Å². The highest BCUT2D eigenvalue weighted by Gasteiger charge is 2.43. The average Bonchev–Trinajstić information content (AvgIpc) is 1.94. The molecule has 0 spiro atoms.